The first kappa shape index (κ1) is 29.8. The van der Waals surface area contributed by atoms with Crippen molar-refractivity contribution < 1.29 is 43.2 Å². The number of anilines is 1. The van der Waals surface area contributed by atoms with E-state index in [1.54, 1.807) is 11.0 Å². The van der Waals surface area contributed by atoms with Crippen LogP contribution in [0.3, 0.4) is 0 Å². The zero-order valence-corrected chi connectivity index (χ0v) is 21.1. The second-order valence-electron chi connectivity index (χ2n) is 7.80. The summed E-state index contributed by atoms with van der Waals surface area (Å²) in [6.45, 7) is 3.76. The Kier molecular flexibility index (Phi) is 14.8. The second-order valence-corrected chi connectivity index (χ2v) is 8.07. The van der Waals surface area contributed by atoms with Gasteiger partial charge in [-0.2, -0.15) is 0 Å². The Hall–Kier alpha value is -2.44. The number of nitrogens with zero attached hydrogens (tertiary/aromatic N) is 1. The molecule has 1 aromatic rings. The van der Waals surface area contributed by atoms with E-state index >= 15 is 0 Å². The number of rotatable bonds is 19. The zero-order valence-electron chi connectivity index (χ0n) is 20.4. The first-order valence-corrected chi connectivity index (χ1v) is 12.5. The summed E-state index contributed by atoms with van der Waals surface area (Å²) in [5.74, 6) is -0.745. The van der Waals surface area contributed by atoms with Gasteiger partial charge in [0.25, 0.3) is 5.91 Å². The van der Waals surface area contributed by atoms with E-state index in [0.717, 1.165) is 24.1 Å². The van der Waals surface area contributed by atoms with Gasteiger partial charge >= 0.3 is 5.97 Å². The van der Waals surface area contributed by atoms with Crippen LogP contribution in [0.1, 0.15) is 18.4 Å². The third-order valence-electron chi connectivity index (χ3n) is 5.10. The fraction of sp³-hybridized carbons (Fsp3) is 0.625. The number of ether oxygens (including phenoxy) is 5. The number of aliphatic carboxylic acids is 1. The standard InChI is InChI=1S/C24H35ClN2O9/c25-17-23(29)27-7-1-2-19-16-20(3-4-21(19)27)36-18-22(28)26-6-9-33-11-13-35-15-14-34-12-10-32-8-5-24(30)31/h3-4,16H,1-2,5-15,17-18H2,(H,26,28)(H,30,31). The number of amides is 2. The van der Waals surface area contributed by atoms with Crippen LogP contribution in [0.25, 0.3) is 0 Å². The highest BCUT2D eigenvalue weighted by Gasteiger charge is 2.22. The summed E-state index contributed by atoms with van der Waals surface area (Å²) in [5.41, 5.74) is 1.85. The lowest BCUT2D eigenvalue weighted by atomic mass is 10.0. The minimum atomic E-state index is -0.888. The predicted octanol–water partition coefficient (Wildman–Crippen LogP) is 1.24. The molecule has 0 spiro atoms. The van der Waals surface area contributed by atoms with Crippen molar-refractivity contribution in [2.45, 2.75) is 19.3 Å². The van der Waals surface area contributed by atoms with Crippen LogP contribution >= 0.6 is 11.6 Å². The van der Waals surface area contributed by atoms with Crippen molar-refractivity contribution in [3.63, 3.8) is 0 Å². The molecule has 0 bridgehead atoms. The number of nitrogens with one attached hydrogen (secondary N) is 1. The van der Waals surface area contributed by atoms with Crippen LogP contribution in [0.2, 0.25) is 0 Å². The average Bonchev–Trinajstić information content (AvgIpc) is 2.88. The maximum Gasteiger partial charge on any atom is 0.305 e. The highest BCUT2D eigenvalue weighted by atomic mass is 35.5. The lowest BCUT2D eigenvalue weighted by Crippen LogP contribution is -2.36. The Labute approximate surface area is 215 Å². The molecule has 2 rings (SSSR count). The summed E-state index contributed by atoms with van der Waals surface area (Å²) < 4.78 is 26.8. The molecular weight excluding hydrogens is 496 g/mol. The van der Waals surface area contributed by atoms with Gasteiger partial charge in [-0.15, -0.1) is 11.6 Å². The molecule has 0 atom stereocenters. The predicted molar refractivity (Wildman–Crippen MR) is 132 cm³/mol. The van der Waals surface area contributed by atoms with Crippen LogP contribution in [-0.2, 0) is 39.8 Å². The van der Waals surface area contributed by atoms with Gasteiger partial charge in [0.1, 0.15) is 11.6 Å². The van der Waals surface area contributed by atoms with Gasteiger partial charge in [-0.25, -0.2) is 0 Å². The van der Waals surface area contributed by atoms with Crippen molar-refractivity contribution in [2.24, 2.45) is 0 Å². The van der Waals surface area contributed by atoms with Crippen molar-refractivity contribution in [2.75, 3.05) is 83.3 Å². The van der Waals surface area contributed by atoms with Gasteiger partial charge in [-0.1, -0.05) is 0 Å². The van der Waals surface area contributed by atoms with Gasteiger partial charge in [0.2, 0.25) is 5.91 Å². The minimum Gasteiger partial charge on any atom is -0.484 e. The van der Waals surface area contributed by atoms with Crippen LogP contribution in [-0.4, -0.2) is 101 Å². The molecular formula is C24H35ClN2O9. The van der Waals surface area contributed by atoms with Crippen LogP contribution in [0.4, 0.5) is 5.69 Å². The third kappa shape index (κ3) is 12.0. The van der Waals surface area contributed by atoms with E-state index in [2.05, 4.69) is 5.32 Å². The number of carbonyl (C=O) groups excluding carboxylic acids is 2. The van der Waals surface area contributed by atoms with Gasteiger partial charge in [0.05, 0.1) is 59.3 Å². The Balaban J connectivity index is 1.44. The Morgan fingerprint density at radius 3 is 2.22 bits per heavy atom. The van der Waals surface area contributed by atoms with E-state index in [1.807, 2.05) is 12.1 Å². The zero-order chi connectivity index (χ0) is 26.0. The molecule has 0 saturated carbocycles. The van der Waals surface area contributed by atoms with Crippen molar-refractivity contribution in [1.82, 2.24) is 5.32 Å². The minimum absolute atomic E-state index is 0.0182. The summed E-state index contributed by atoms with van der Waals surface area (Å²) in [6.07, 6.45) is 1.67. The van der Waals surface area contributed by atoms with E-state index in [0.29, 0.717) is 65.1 Å². The fourth-order valence-electron chi connectivity index (χ4n) is 3.38. The van der Waals surface area contributed by atoms with E-state index < -0.39 is 5.97 Å². The molecule has 0 unspecified atom stereocenters. The first-order valence-electron chi connectivity index (χ1n) is 11.9. The second kappa shape index (κ2) is 17.9. The monoisotopic (exact) mass is 530 g/mol. The van der Waals surface area contributed by atoms with Crippen LogP contribution in [0, 0.1) is 0 Å². The molecule has 1 aromatic carbocycles. The Morgan fingerprint density at radius 1 is 0.944 bits per heavy atom. The molecule has 0 aromatic heterocycles. The van der Waals surface area contributed by atoms with Crippen molar-refractivity contribution in [1.29, 1.82) is 0 Å². The lowest BCUT2D eigenvalue weighted by molar-refractivity contribution is -0.138. The molecule has 1 heterocycles. The highest BCUT2D eigenvalue weighted by Crippen LogP contribution is 2.30. The summed E-state index contributed by atoms with van der Waals surface area (Å²) >= 11 is 5.70. The number of aryl methyl sites for hydroxylation is 1. The molecule has 12 heteroatoms. The molecule has 0 aliphatic carbocycles. The van der Waals surface area contributed by atoms with E-state index in [9.17, 15) is 14.4 Å². The van der Waals surface area contributed by atoms with Crippen molar-refractivity contribution in [3.8, 4) is 5.75 Å². The molecule has 36 heavy (non-hydrogen) atoms. The molecule has 0 saturated heterocycles. The molecule has 202 valence electrons. The number of alkyl halides is 1. The largest absolute Gasteiger partial charge is 0.484 e. The summed E-state index contributed by atoms with van der Waals surface area (Å²) in [4.78, 5) is 36.0. The summed E-state index contributed by atoms with van der Waals surface area (Å²) in [5, 5.41) is 11.2. The van der Waals surface area contributed by atoms with E-state index in [4.69, 9.17) is 40.4 Å². The molecule has 2 N–H and O–H groups in total. The summed E-state index contributed by atoms with van der Waals surface area (Å²) in [6, 6.07) is 5.44. The molecule has 0 fully saturated rings. The molecule has 1 aliphatic rings. The molecule has 11 nitrogen and oxygen atoms in total. The van der Waals surface area contributed by atoms with Crippen LogP contribution in [0.5, 0.6) is 5.75 Å². The van der Waals surface area contributed by atoms with Gasteiger partial charge in [-0.05, 0) is 36.6 Å². The Bertz CT molecular complexity index is 825. The highest BCUT2D eigenvalue weighted by molar-refractivity contribution is 6.29. The Morgan fingerprint density at radius 2 is 1.58 bits per heavy atom. The first-order chi connectivity index (χ1) is 17.5. The molecule has 2 amide bonds. The number of halogens is 1. The molecule has 0 radical (unpaired) electrons. The van der Waals surface area contributed by atoms with Gasteiger partial charge in [0, 0.05) is 18.8 Å². The summed E-state index contributed by atoms with van der Waals surface area (Å²) in [7, 11) is 0. The number of hydrogen-bond acceptors (Lipinski definition) is 8. The number of fused-ring (bicyclic) bond motifs is 1. The van der Waals surface area contributed by atoms with Gasteiger partial charge < -0.3 is 39.0 Å². The smallest absolute Gasteiger partial charge is 0.305 e. The van der Waals surface area contributed by atoms with Crippen LogP contribution in [0.15, 0.2) is 18.2 Å². The topological polar surface area (TPSA) is 133 Å². The van der Waals surface area contributed by atoms with Crippen molar-refractivity contribution in [3.05, 3.63) is 23.8 Å². The fourth-order valence-corrected chi connectivity index (χ4v) is 3.52. The quantitative estimate of drug-likeness (QED) is 0.200. The number of hydrogen-bond donors (Lipinski definition) is 2. The number of carbonyl (C=O) groups is 3. The van der Waals surface area contributed by atoms with Gasteiger partial charge in [0.15, 0.2) is 6.61 Å². The molecule has 1 aliphatic heterocycles. The maximum atomic E-state index is 12.0. The number of carboxylic acids is 1. The maximum absolute atomic E-state index is 12.0. The van der Waals surface area contributed by atoms with E-state index in [-0.39, 0.29) is 37.3 Å². The number of benzene rings is 1. The SMILES string of the molecule is O=C(O)CCOCCOCCOCCOCCNC(=O)COc1ccc2c(c1)CCCN2C(=O)CCl. The normalized spacial score (nSPS) is 12.8. The number of carboxylic acid groups (broad SMARTS) is 1. The van der Waals surface area contributed by atoms with Crippen molar-refractivity contribution >= 4 is 35.1 Å². The van der Waals surface area contributed by atoms with Crippen LogP contribution < -0.4 is 15.0 Å². The third-order valence-corrected chi connectivity index (χ3v) is 5.33. The lowest BCUT2D eigenvalue weighted by Gasteiger charge is -2.29. The van der Waals surface area contributed by atoms with E-state index in [1.165, 1.54) is 0 Å². The van der Waals surface area contributed by atoms with Gasteiger partial charge in [-0.3, -0.25) is 14.4 Å². The average molecular weight is 531 g/mol.